The molecule has 25 heavy (non-hydrogen) atoms. The zero-order valence-electron chi connectivity index (χ0n) is 13.8. The number of hydrogen-bond donors (Lipinski definition) is 2. The molecule has 0 atom stereocenters. The van der Waals surface area contributed by atoms with Crippen LogP contribution in [0.1, 0.15) is 21.3 Å². The van der Waals surface area contributed by atoms with Crippen molar-refractivity contribution in [2.45, 2.75) is 13.2 Å². The van der Waals surface area contributed by atoms with Crippen LogP contribution in [0.3, 0.4) is 0 Å². The van der Waals surface area contributed by atoms with Gasteiger partial charge in [-0.2, -0.15) is 5.10 Å². The average Bonchev–Trinajstić information content (AvgIpc) is 3.30. The highest BCUT2D eigenvalue weighted by atomic mass is 32.1. The summed E-state index contributed by atoms with van der Waals surface area (Å²) in [7, 11) is 3.20. The van der Waals surface area contributed by atoms with E-state index in [2.05, 4.69) is 25.5 Å². The van der Waals surface area contributed by atoms with E-state index in [1.807, 2.05) is 24.3 Å². The first-order chi connectivity index (χ1) is 12.2. The van der Waals surface area contributed by atoms with Crippen molar-refractivity contribution in [1.82, 2.24) is 25.5 Å². The molecule has 0 unspecified atom stereocenters. The molecule has 0 bridgehead atoms. The minimum Gasteiger partial charge on any atom is -0.497 e. The molecule has 2 aromatic heterocycles. The van der Waals surface area contributed by atoms with Crippen molar-refractivity contribution in [2.75, 3.05) is 14.2 Å². The minimum atomic E-state index is -0.263. The molecule has 0 fully saturated rings. The molecule has 3 rings (SSSR count). The van der Waals surface area contributed by atoms with Gasteiger partial charge in [-0.1, -0.05) is 0 Å². The Kier molecular flexibility index (Phi) is 5.36. The van der Waals surface area contributed by atoms with Crippen LogP contribution in [0.25, 0.3) is 11.4 Å². The Morgan fingerprint density at radius 2 is 2.04 bits per heavy atom. The first-order valence-corrected chi connectivity index (χ1v) is 8.35. The van der Waals surface area contributed by atoms with Crippen molar-refractivity contribution in [3.8, 4) is 17.1 Å². The standard InChI is InChI=1S/C16H17N5O3S/c1-23-8-14-18-12(9-25-14)16(22)17-7-13-19-15(21-20-13)10-3-5-11(24-2)6-4-10/h3-6,9H,7-8H2,1-2H3,(H,17,22)(H,19,20,21). The van der Waals surface area contributed by atoms with E-state index in [-0.39, 0.29) is 12.5 Å². The maximum atomic E-state index is 12.1. The number of hydrogen-bond acceptors (Lipinski definition) is 7. The van der Waals surface area contributed by atoms with E-state index in [1.165, 1.54) is 11.3 Å². The summed E-state index contributed by atoms with van der Waals surface area (Å²) in [4.78, 5) is 20.7. The monoisotopic (exact) mass is 359 g/mol. The molecule has 9 heteroatoms. The molecular formula is C16H17N5O3S. The Balaban J connectivity index is 1.59. The molecular weight excluding hydrogens is 342 g/mol. The second-order valence-corrected chi connectivity index (χ2v) is 6.02. The zero-order chi connectivity index (χ0) is 17.6. The van der Waals surface area contributed by atoms with Crippen LogP contribution in [0, 0.1) is 0 Å². The van der Waals surface area contributed by atoms with Crippen molar-refractivity contribution < 1.29 is 14.3 Å². The highest BCUT2D eigenvalue weighted by Crippen LogP contribution is 2.19. The van der Waals surface area contributed by atoms with Crippen LogP contribution in [-0.4, -0.2) is 40.3 Å². The number of carbonyl (C=O) groups excluding carboxylic acids is 1. The van der Waals surface area contributed by atoms with Gasteiger partial charge < -0.3 is 14.8 Å². The quantitative estimate of drug-likeness (QED) is 0.669. The number of H-pyrrole nitrogens is 1. The van der Waals surface area contributed by atoms with Crippen molar-refractivity contribution in [3.05, 3.63) is 46.2 Å². The third-order valence-corrected chi connectivity index (χ3v) is 4.17. The van der Waals surface area contributed by atoms with E-state index in [9.17, 15) is 4.79 Å². The van der Waals surface area contributed by atoms with Crippen LogP contribution in [0.15, 0.2) is 29.6 Å². The van der Waals surface area contributed by atoms with Gasteiger partial charge in [0.1, 0.15) is 22.3 Å². The summed E-state index contributed by atoms with van der Waals surface area (Å²) >= 11 is 1.39. The second kappa shape index (κ2) is 7.86. The van der Waals surface area contributed by atoms with Gasteiger partial charge in [0.05, 0.1) is 20.3 Å². The Labute approximate surface area is 148 Å². The molecule has 1 amide bonds. The molecule has 1 aromatic carbocycles. The van der Waals surface area contributed by atoms with Crippen LogP contribution in [0.2, 0.25) is 0 Å². The highest BCUT2D eigenvalue weighted by molar-refractivity contribution is 7.09. The minimum absolute atomic E-state index is 0.235. The summed E-state index contributed by atoms with van der Waals surface area (Å²) in [5.41, 5.74) is 1.23. The fourth-order valence-corrected chi connectivity index (χ4v) is 2.85. The topological polar surface area (TPSA) is 102 Å². The van der Waals surface area contributed by atoms with Crippen LogP contribution in [0.5, 0.6) is 5.75 Å². The maximum Gasteiger partial charge on any atom is 0.271 e. The van der Waals surface area contributed by atoms with Crippen LogP contribution in [0.4, 0.5) is 0 Å². The molecule has 0 aliphatic rings. The number of ether oxygens (including phenoxy) is 2. The Bertz CT molecular complexity index is 844. The lowest BCUT2D eigenvalue weighted by Gasteiger charge is -2.00. The number of nitrogens with one attached hydrogen (secondary N) is 2. The summed E-state index contributed by atoms with van der Waals surface area (Å²) in [5, 5.41) is 12.2. The number of amides is 1. The summed E-state index contributed by atoms with van der Waals surface area (Å²) in [6, 6.07) is 7.42. The van der Waals surface area contributed by atoms with E-state index < -0.39 is 0 Å². The second-order valence-electron chi connectivity index (χ2n) is 5.08. The van der Waals surface area contributed by atoms with Gasteiger partial charge in [-0.3, -0.25) is 9.89 Å². The van der Waals surface area contributed by atoms with E-state index in [0.717, 1.165) is 16.3 Å². The number of methoxy groups -OCH3 is 2. The van der Waals surface area contributed by atoms with Crippen LogP contribution in [-0.2, 0) is 17.9 Å². The van der Waals surface area contributed by atoms with Gasteiger partial charge in [-0.25, -0.2) is 9.97 Å². The molecule has 0 aliphatic heterocycles. The molecule has 130 valence electrons. The fraction of sp³-hybridized carbons (Fsp3) is 0.250. The largest absolute Gasteiger partial charge is 0.497 e. The predicted molar refractivity (Wildman–Crippen MR) is 92.4 cm³/mol. The van der Waals surface area contributed by atoms with Crippen molar-refractivity contribution in [1.29, 1.82) is 0 Å². The summed E-state index contributed by atoms with van der Waals surface area (Å²) in [6.45, 7) is 0.629. The average molecular weight is 359 g/mol. The van der Waals surface area contributed by atoms with E-state index in [0.29, 0.717) is 23.9 Å². The van der Waals surface area contributed by atoms with Crippen molar-refractivity contribution >= 4 is 17.2 Å². The molecule has 0 aliphatic carbocycles. The van der Waals surface area contributed by atoms with Crippen molar-refractivity contribution in [3.63, 3.8) is 0 Å². The van der Waals surface area contributed by atoms with Crippen molar-refractivity contribution in [2.24, 2.45) is 0 Å². The lowest BCUT2D eigenvalue weighted by molar-refractivity contribution is 0.0945. The third-order valence-electron chi connectivity index (χ3n) is 3.35. The highest BCUT2D eigenvalue weighted by Gasteiger charge is 2.12. The molecule has 3 aromatic rings. The van der Waals surface area contributed by atoms with Gasteiger partial charge in [0.15, 0.2) is 5.82 Å². The predicted octanol–water partition coefficient (Wildman–Crippen LogP) is 2.01. The maximum absolute atomic E-state index is 12.1. The molecule has 0 saturated carbocycles. The van der Waals surface area contributed by atoms with Gasteiger partial charge in [0.25, 0.3) is 5.91 Å². The number of thiazole rings is 1. The SMILES string of the molecule is COCc1nc(C(=O)NCc2nc(-c3ccc(OC)cc3)n[nH]2)cs1. The van der Waals surface area contributed by atoms with E-state index in [1.54, 1.807) is 19.6 Å². The Hall–Kier alpha value is -2.78. The van der Waals surface area contributed by atoms with Gasteiger partial charge in [0, 0.05) is 18.1 Å². The van der Waals surface area contributed by atoms with E-state index in [4.69, 9.17) is 9.47 Å². The number of rotatable bonds is 7. The number of carbonyl (C=O) groups is 1. The summed E-state index contributed by atoms with van der Waals surface area (Å²) < 4.78 is 10.1. The van der Waals surface area contributed by atoms with Crippen LogP contribution < -0.4 is 10.1 Å². The number of aromatic nitrogens is 4. The van der Waals surface area contributed by atoms with Gasteiger partial charge in [0.2, 0.25) is 0 Å². The van der Waals surface area contributed by atoms with Crippen LogP contribution >= 0.6 is 11.3 Å². The molecule has 2 heterocycles. The smallest absolute Gasteiger partial charge is 0.271 e. The first-order valence-electron chi connectivity index (χ1n) is 7.47. The summed E-state index contributed by atoms with van der Waals surface area (Å²) in [6.07, 6.45) is 0. The Morgan fingerprint density at radius 1 is 1.24 bits per heavy atom. The molecule has 0 radical (unpaired) electrons. The normalized spacial score (nSPS) is 10.6. The summed E-state index contributed by atoms with van der Waals surface area (Å²) in [5.74, 6) is 1.62. The lowest BCUT2D eigenvalue weighted by Crippen LogP contribution is -2.23. The van der Waals surface area contributed by atoms with Gasteiger partial charge in [-0.15, -0.1) is 11.3 Å². The van der Waals surface area contributed by atoms with E-state index >= 15 is 0 Å². The number of nitrogens with zero attached hydrogens (tertiary/aromatic N) is 3. The number of aromatic amines is 1. The number of benzene rings is 1. The zero-order valence-corrected chi connectivity index (χ0v) is 14.6. The molecule has 8 nitrogen and oxygen atoms in total. The molecule has 0 spiro atoms. The third kappa shape index (κ3) is 4.20. The molecule has 0 saturated heterocycles. The van der Waals surface area contributed by atoms with Gasteiger partial charge >= 0.3 is 0 Å². The fourth-order valence-electron chi connectivity index (χ4n) is 2.10. The molecule has 2 N–H and O–H groups in total. The van der Waals surface area contributed by atoms with Gasteiger partial charge in [-0.05, 0) is 24.3 Å². The Morgan fingerprint density at radius 3 is 2.76 bits per heavy atom. The lowest BCUT2D eigenvalue weighted by atomic mass is 10.2. The first kappa shape index (κ1) is 17.1.